The average molecular weight is 310 g/mol. The molecule has 1 aromatic rings. The third-order valence-electron chi connectivity index (χ3n) is 1.66. The molecule has 15 heavy (non-hydrogen) atoms. The lowest BCUT2D eigenvalue weighted by molar-refractivity contribution is 0.587. The molecule has 0 unspecified atom stereocenters. The van der Waals surface area contributed by atoms with Crippen LogP contribution in [0, 0.1) is 6.92 Å². The molecule has 0 amide bonds. The van der Waals surface area contributed by atoms with E-state index in [2.05, 4.69) is 27.2 Å². The zero-order chi connectivity index (χ0) is 11.6. The molecular formula is C9H12BrNO2S2. The molecule has 1 heterocycles. The van der Waals surface area contributed by atoms with Gasteiger partial charge >= 0.3 is 0 Å². The number of rotatable bonds is 4. The van der Waals surface area contributed by atoms with Gasteiger partial charge in [-0.05, 0) is 41.4 Å². The summed E-state index contributed by atoms with van der Waals surface area (Å²) in [7, 11) is -3.38. The highest BCUT2D eigenvalue weighted by molar-refractivity contribution is 9.11. The summed E-state index contributed by atoms with van der Waals surface area (Å²) in [6, 6.07) is 1.65. The van der Waals surface area contributed by atoms with E-state index in [9.17, 15) is 8.42 Å². The zero-order valence-electron chi connectivity index (χ0n) is 8.50. The Morgan fingerprint density at radius 1 is 1.67 bits per heavy atom. The number of aryl methyl sites for hydroxylation is 1. The van der Waals surface area contributed by atoms with E-state index in [1.807, 2.05) is 6.92 Å². The van der Waals surface area contributed by atoms with Gasteiger partial charge in [0.25, 0.3) is 0 Å². The Balaban J connectivity index is 2.91. The molecule has 0 bridgehead atoms. The SMILES string of the molecule is C=C(C)CNS(=O)(=O)c1cc(C)c(Br)s1. The van der Waals surface area contributed by atoms with Crippen molar-refractivity contribution in [2.45, 2.75) is 18.1 Å². The zero-order valence-corrected chi connectivity index (χ0v) is 11.7. The van der Waals surface area contributed by atoms with Gasteiger partial charge in [-0.25, -0.2) is 13.1 Å². The summed E-state index contributed by atoms with van der Waals surface area (Å²) in [5, 5.41) is 0. The van der Waals surface area contributed by atoms with E-state index in [4.69, 9.17) is 0 Å². The lowest BCUT2D eigenvalue weighted by atomic mass is 10.4. The Kier molecular flexibility index (Phi) is 4.11. The van der Waals surface area contributed by atoms with Gasteiger partial charge in [-0.2, -0.15) is 0 Å². The van der Waals surface area contributed by atoms with Crippen molar-refractivity contribution in [3.05, 3.63) is 27.6 Å². The van der Waals surface area contributed by atoms with E-state index < -0.39 is 10.0 Å². The molecular weight excluding hydrogens is 298 g/mol. The van der Waals surface area contributed by atoms with Crippen LogP contribution in [0.3, 0.4) is 0 Å². The van der Waals surface area contributed by atoms with Crippen LogP contribution < -0.4 is 4.72 Å². The summed E-state index contributed by atoms with van der Waals surface area (Å²) < 4.78 is 27.1. The quantitative estimate of drug-likeness (QED) is 0.869. The standard InChI is InChI=1S/C9H12BrNO2S2/c1-6(2)5-11-15(12,13)8-4-7(3)9(10)14-8/h4,11H,1,5H2,2-3H3. The summed E-state index contributed by atoms with van der Waals surface area (Å²) in [4.78, 5) is 0. The second-order valence-electron chi connectivity index (χ2n) is 3.30. The van der Waals surface area contributed by atoms with Gasteiger partial charge < -0.3 is 0 Å². The van der Waals surface area contributed by atoms with Gasteiger partial charge in [-0.15, -0.1) is 11.3 Å². The number of hydrogen-bond acceptors (Lipinski definition) is 3. The molecule has 0 radical (unpaired) electrons. The molecule has 0 aromatic carbocycles. The Hall–Kier alpha value is -0.170. The van der Waals surface area contributed by atoms with Crippen molar-refractivity contribution >= 4 is 37.3 Å². The number of nitrogens with one attached hydrogen (secondary N) is 1. The second kappa shape index (κ2) is 4.78. The molecule has 84 valence electrons. The van der Waals surface area contributed by atoms with Gasteiger partial charge in [-0.3, -0.25) is 0 Å². The van der Waals surface area contributed by atoms with Crippen LogP contribution in [0.5, 0.6) is 0 Å². The van der Waals surface area contributed by atoms with Crippen molar-refractivity contribution in [1.29, 1.82) is 0 Å². The molecule has 1 aromatic heterocycles. The maximum Gasteiger partial charge on any atom is 0.250 e. The Morgan fingerprint density at radius 3 is 2.67 bits per heavy atom. The molecule has 1 N–H and O–H groups in total. The Labute approximate surface area is 102 Å². The minimum absolute atomic E-state index is 0.275. The number of hydrogen-bond donors (Lipinski definition) is 1. The smallest absolute Gasteiger partial charge is 0.206 e. The van der Waals surface area contributed by atoms with Crippen LogP contribution in [-0.2, 0) is 10.0 Å². The van der Waals surface area contributed by atoms with E-state index in [0.29, 0.717) is 4.21 Å². The lowest BCUT2D eigenvalue weighted by Gasteiger charge is -2.03. The first-order valence-electron chi connectivity index (χ1n) is 4.23. The van der Waals surface area contributed by atoms with Crippen molar-refractivity contribution in [3.63, 3.8) is 0 Å². The van der Waals surface area contributed by atoms with Gasteiger partial charge in [0, 0.05) is 6.54 Å². The van der Waals surface area contributed by atoms with Gasteiger partial charge in [0.15, 0.2) is 0 Å². The van der Waals surface area contributed by atoms with Gasteiger partial charge in [-0.1, -0.05) is 12.2 Å². The molecule has 0 aliphatic heterocycles. The van der Waals surface area contributed by atoms with Crippen molar-refractivity contribution in [2.24, 2.45) is 0 Å². The van der Waals surface area contributed by atoms with Crippen LogP contribution in [0.25, 0.3) is 0 Å². The highest BCUT2D eigenvalue weighted by Crippen LogP contribution is 2.30. The summed E-state index contributed by atoms with van der Waals surface area (Å²) in [5.41, 5.74) is 1.71. The molecule has 0 saturated heterocycles. The van der Waals surface area contributed by atoms with Crippen LogP contribution in [0.2, 0.25) is 0 Å². The lowest BCUT2D eigenvalue weighted by Crippen LogP contribution is -2.24. The maximum absolute atomic E-state index is 11.7. The van der Waals surface area contributed by atoms with Gasteiger partial charge in [0.1, 0.15) is 4.21 Å². The first-order valence-corrected chi connectivity index (χ1v) is 7.32. The Bertz CT molecular complexity index is 457. The molecule has 6 heteroatoms. The third kappa shape index (κ3) is 3.41. The van der Waals surface area contributed by atoms with Crippen molar-refractivity contribution in [1.82, 2.24) is 4.72 Å². The molecule has 0 saturated carbocycles. The van der Waals surface area contributed by atoms with E-state index in [1.54, 1.807) is 13.0 Å². The first kappa shape index (κ1) is 12.9. The molecule has 1 rings (SSSR count). The van der Waals surface area contributed by atoms with E-state index >= 15 is 0 Å². The van der Waals surface area contributed by atoms with E-state index in [0.717, 1.165) is 14.9 Å². The van der Waals surface area contributed by atoms with Crippen molar-refractivity contribution in [2.75, 3.05) is 6.54 Å². The van der Waals surface area contributed by atoms with E-state index in [1.165, 1.54) is 11.3 Å². The first-order chi connectivity index (χ1) is 6.83. The summed E-state index contributed by atoms with van der Waals surface area (Å²) >= 11 is 4.51. The number of thiophene rings is 1. The van der Waals surface area contributed by atoms with Crippen LogP contribution in [0.15, 0.2) is 26.2 Å². The molecule has 3 nitrogen and oxygen atoms in total. The molecule has 0 fully saturated rings. The average Bonchev–Trinajstić information content (AvgIpc) is 2.45. The predicted molar refractivity (Wildman–Crippen MR) is 66.8 cm³/mol. The van der Waals surface area contributed by atoms with Gasteiger partial charge in [0.2, 0.25) is 10.0 Å². The number of sulfonamides is 1. The van der Waals surface area contributed by atoms with Crippen LogP contribution in [0.1, 0.15) is 12.5 Å². The van der Waals surface area contributed by atoms with Crippen LogP contribution in [0.4, 0.5) is 0 Å². The minimum Gasteiger partial charge on any atom is -0.206 e. The van der Waals surface area contributed by atoms with Crippen LogP contribution in [-0.4, -0.2) is 15.0 Å². The van der Waals surface area contributed by atoms with Gasteiger partial charge in [0.05, 0.1) is 3.79 Å². The second-order valence-corrected chi connectivity index (χ2v) is 7.67. The monoisotopic (exact) mass is 309 g/mol. The molecule has 0 atom stereocenters. The fraction of sp³-hybridized carbons (Fsp3) is 0.333. The molecule has 0 spiro atoms. The maximum atomic E-state index is 11.7. The minimum atomic E-state index is -3.38. The highest BCUT2D eigenvalue weighted by Gasteiger charge is 2.17. The summed E-state index contributed by atoms with van der Waals surface area (Å²) in [6.07, 6.45) is 0. The number of halogens is 1. The summed E-state index contributed by atoms with van der Waals surface area (Å²) in [6.45, 7) is 7.55. The van der Waals surface area contributed by atoms with E-state index in [-0.39, 0.29) is 6.54 Å². The topological polar surface area (TPSA) is 46.2 Å². The largest absolute Gasteiger partial charge is 0.250 e. The summed E-state index contributed by atoms with van der Waals surface area (Å²) in [5.74, 6) is 0. The van der Waals surface area contributed by atoms with Crippen molar-refractivity contribution in [3.8, 4) is 0 Å². The third-order valence-corrected chi connectivity index (χ3v) is 5.67. The highest BCUT2D eigenvalue weighted by atomic mass is 79.9. The molecule has 0 aliphatic carbocycles. The fourth-order valence-corrected chi connectivity index (χ4v) is 4.22. The Morgan fingerprint density at radius 2 is 2.27 bits per heavy atom. The van der Waals surface area contributed by atoms with Crippen LogP contribution >= 0.6 is 27.3 Å². The molecule has 0 aliphatic rings. The predicted octanol–water partition coefficient (Wildman–Crippen LogP) is 2.67. The normalized spacial score (nSPS) is 11.7. The van der Waals surface area contributed by atoms with Crippen molar-refractivity contribution < 1.29 is 8.42 Å². The fourth-order valence-electron chi connectivity index (χ4n) is 0.854.